The molecule has 1 N–H and O–H groups in total. The summed E-state index contributed by atoms with van der Waals surface area (Å²) in [5.74, 6) is -0.223. The van der Waals surface area contributed by atoms with Gasteiger partial charge >= 0.3 is 0 Å². The Labute approximate surface area is 194 Å². The molecule has 5 nitrogen and oxygen atoms in total. The van der Waals surface area contributed by atoms with Crippen LogP contribution >= 0.6 is 0 Å². The molecule has 4 rings (SSSR count). The zero-order valence-electron chi connectivity index (χ0n) is 19.2. The Kier molecular flexibility index (Phi) is 6.59. The molecule has 0 radical (unpaired) electrons. The van der Waals surface area contributed by atoms with E-state index in [1.165, 1.54) is 10.5 Å². The van der Waals surface area contributed by atoms with Crippen LogP contribution in [0.1, 0.15) is 36.5 Å². The Morgan fingerprint density at radius 1 is 0.909 bits per heavy atom. The number of aryl methyl sites for hydroxylation is 2. The fraction of sp³-hybridized carbons (Fsp3) is 0.214. The highest BCUT2D eigenvalue weighted by Crippen LogP contribution is 2.37. The van der Waals surface area contributed by atoms with E-state index in [9.17, 15) is 9.59 Å². The standard InChI is InChI=1S/C28H28N2O3/c1-4-5-10-20-14-16-22(17-15-20)30-27(31)25(23-12-6-7-13-24(23)33-3)26(28(30)32)29-21-11-8-9-19(2)18-21/h6-9,11-18,29H,4-5,10H2,1-3H3. The maximum atomic E-state index is 13.7. The maximum Gasteiger partial charge on any atom is 0.282 e. The van der Waals surface area contributed by atoms with Crippen LogP contribution in [0.15, 0.2) is 78.5 Å². The molecule has 0 bridgehead atoms. The van der Waals surface area contributed by atoms with Crippen LogP contribution in [0.2, 0.25) is 0 Å². The normalized spacial score (nSPS) is 13.6. The fourth-order valence-electron chi connectivity index (χ4n) is 4.04. The van der Waals surface area contributed by atoms with E-state index in [1.807, 2.05) is 67.6 Å². The van der Waals surface area contributed by atoms with Crippen molar-refractivity contribution in [3.05, 3.63) is 95.2 Å². The van der Waals surface area contributed by atoms with Crippen LogP contribution in [0.25, 0.3) is 5.57 Å². The summed E-state index contributed by atoms with van der Waals surface area (Å²) < 4.78 is 5.51. The molecular weight excluding hydrogens is 412 g/mol. The van der Waals surface area contributed by atoms with E-state index in [0.717, 1.165) is 30.5 Å². The van der Waals surface area contributed by atoms with Crippen molar-refractivity contribution < 1.29 is 14.3 Å². The average Bonchev–Trinajstić information content (AvgIpc) is 3.07. The number of hydrogen-bond donors (Lipinski definition) is 1. The number of para-hydroxylation sites is 1. The van der Waals surface area contributed by atoms with E-state index >= 15 is 0 Å². The first-order chi connectivity index (χ1) is 16.0. The Hall–Kier alpha value is -3.86. The number of ether oxygens (including phenoxy) is 1. The maximum absolute atomic E-state index is 13.7. The summed E-state index contributed by atoms with van der Waals surface area (Å²) in [6, 6.07) is 22.6. The third kappa shape index (κ3) is 4.53. The predicted octanol–water partition coefficient (Wildman–Crippen LogP) is 5.74. The van der Waals surface area contributed by atoms with E-state index in [0.29, 0.717) is 22.6 Å². The largest absolute Gasteiger partial charge is 0.496 e. The lowest BCUT2D eigenvalue weighted by atomic mass is 10.0. The van der Waals surface area contributed by atoms with Gasteiger partial charge in [-0.15, -0.1) is 0 Å². The molecule has 1 heterocycles. The molecule has 3 aromatic carbocycles. The third-order valence-electron chi connectivity index (χ3n) is 5.76. The lowest BCUT2D eigenvalue weighted by Crippen LogP contribution is -2.32. The van der Waals surface area contributed by atoms with Gasteiger partial charge in [0.2, 0.25) is 0 Å². The minimum absolute atomic E-state index is 0.241. The number of imide groups is 1. The van der Waals surface area contributed by atoms with Gasteiger partial charge < -0.3 is 10.1 Å². The van der Waals surface area contributed by atoms with E-state index in [4.69, 9.17) is 4.74 Å². The van der Waals surface area contributed by atoms with Gasteiger partial charge in [0.1, 0.15) is 11.4 Å². The van der Waals surface area contributed by atoms with Crippen LogP contribution in [0.4, 0.5) is 11.4 Å². The van der Waals surface area contributed by atoms with Gasteiger partial charge in [0.05, 0.1) is 18.4 Å². The lowest BCUT2D eigenvalue weighted by Gasteiger charge is -2.16. The Morgan fingerprint density at radius 3 is 2.36 bits per heavy atom. The Balaban J connectivity index is 1.77. The van der Waals surface area contributed by atoms with E-state index in [1.54, 1.807) is 19.2 Å². The van der Waals surface area contributed by atoms with Crippen molar-refractivity contribution in [1.29, 1.82) is 0 Å². The van der Waals surface area contributed by atoms with Gasteiger partial charge in [-0.25, -0.2) is 4.90 Å². The third-order valence-corrected chi connectivity index (χ3v) is 5.76. The molecule has 0 aliphatic carbocycles. The first-order valence-electron chi connectivity index (χ1n) is 11.2. The molecule has 0 fully saturated rings. The van der Waals surface area contributed by atoms with Crippen molar-refractivity contribution in [1.82, 2.24) is 0 Å². The molecule has 1 aliphatic rings. The average molecular weight is 441 g/mol. The second kappa shape index (κ2) is 9.74. The number of amides is 2. The van der Waals surface area contributed by atoms with Gasteiger partial charge in [0.25, 0.3) is 11.8 Å². The SMILES string of the molecule is CCCCc1ccc(N2C(=O)C(Nc3cccc(C)c3)=C(c3ccccc3OC)C2=O)cc1. The molecule has 0 aromatic heterocycles. The molecule has 168 valence electrons. The number of rotatable bonds is 8. The molecule has 5 heteroatoms. The second-order valence-electron chi connectivity index (χ2n) is 8.16. The summed E-state index contributed by atoms with van der Waals surface area (Å²) in [4.78, 5) is 28.5. The van der Waals surface area contributed by atoms with Gasteiger partial charge in [-0.05, 0) is 61.2 Å². The highest BCUT2D eigenvalue weighted by atomic mass is 16.5. The summed E-state index contributed by atoms with van der Waals surface area (Å²) in [6.45, 7) is 4.14. The fourth-order valence-corrected chi connectivity index (χ4v) is 4.04. The van der Waals surface area contributed by atoms with Gasteiger partial charge in [-0.3, -0.25) is 9.59 Å². The van der Waals surface area contributed by atoms with Crippen LogP contribution in [0, 0.1) is 6.92 Å². The van der Waals surface area contributed by atoms with Gasteiger partial charge in [0, 0.05) is 11.3 Å². The van der Waals surface area contributed by atoms with E-state index in [2.05, 4.69) is 12.2 Å². The highest BCUT2D eigenvalue weighted by Gasteiger charge is 2.41. The molecule has 33 heavy (non-hydrogen) atoms. The van der Waals surface area contributed by atoms with Crippen LogP contribution in [-0.4, -0.2) is 18.9 Å². The van der Waals surface area contributed by atoms with Gasteiger partial charge in [-0.1, -0.05) is 55.8 Å². The summed E-state index contributed by atoms with van der Waals surface area (Å²) in [5.41, 5.74) is 4.66. The topological polar surface area (TPSA) is 58.6 Å². The highest BCUT2D eigenvalue weighted by molar-refractivity contribution is 6.46. The van der Waals surface area contributed by atoms with E-state index < -0.39 is 0 Å². The number of nitrogens with zero attached hydrogens (tertiary/aromatic N) is 1. The second-order valence-corrected chi connectivity index (χ2v) is 8.16. The van der Waals surface area contributed by atoms with Crippen LogP contribution < -0.4 is 15.0 Å². The molecule has 0 saturated carbocycles. The first-order valence-corrected chi connectivity index (χ1v) is 11.2. The molecule has 0 unspecified atom stereocenters. The van der Waals surface area contributed by atoms with Crippen molar-refractivity contribution in [2.75, 3.05) is 17.3 Å². The molecule has 0 saturated heterocycles. The van der Waals surface area contributed by atoms with Crippen LogP contribution in [0.5, 0.6) is 5.75 Å². The molecule has 0 spiro atoms. The quantitative estimate of drug-likeness (QED) is 0.454. The van der Waals surface area contributed by atoms with Crippen LogP contribution in [-0.2, 0) is 16.0 Å². The Bertz CT molecular complexity index is 1210. The number of carbonyl (C=O) groups excluding carboxylic acids is 2. The van der Waals surface area contributed by atoms with Gasteiger partial charge in [0.15, 0.2) is 0 Å². The van der Waals surface area contributed by atoms with Crippen molar-refractivity contribution in [3.8, 4) is 5.75 Å². The zero-order valence-corrected chi connectivity index (χ0v) is 19.2. The summed E-state index contributed by atoms with van der Waals surface area (Å²) in [7, 11) is 1.56. The number of unbranched alkanes of at least 4 members (excludes halogenated alkanes) is 1. The number of anilines is 2. The minimum atomic E-state index is -0.385. The summed E-state index contributed by atoms with van der Waals surface area (Å²) >= 11 is 0. The molecule has 0 atom stereocenters. The summed E-state index contributed by atoms with van der Waals surface area (Å²) in [5, 5.41) is 3.21. The van der Waals surface area contributed by atoms with E-state index in [-0.39, 0.29) is 17.5 Å². The molecule has 1 aliphatic heterocycles. The first kappa shape index (κ1) is 22.3. The number of methoxy groups -OCH3 is 1. The Morgan fingerprint density at radius 2 is 1.67 bits per heavy atom. The van der Waals surface area contributed by atoms with Crippen molar-refractivity contribution in [3.63, 3.8) is 0 Å². The minimum Gasteiger partial charge on any atom is -0.496 e. The smallest absolute Gasteiger partial charge is 0.282 e. The number of benzene rings is 3. The molecule has 3 aromatic rings. The van der Waals surface area contributed by atoms with Crippen molar-refractivity contribution >= 4 is 28.8 Å². The molecular formula is C28H28N2O3. The number of nitrogens with one attached hydrogen (secondary N) is 1. The number of hydrogen-bond acceptors (Lipinski definition) is 4. The monoisotopic (exact) mass is 440 g/mol. The predicted molar refractivity (Wildman–Crippen MR) is 132 cm³/mol. The summed E-state index contributed by atoms with van der Waals surface area (Å²) in [6.07, 6.45) is 3.19. The molecule has 2 amide bonds. The van der Waals surface area contributed by atoms with Gasteiger partial charge in [-0.2, -0.15) is 0 Å². The van der Waals surface area contributed by atoms with Crippen molar-refractivity contribution in [2.24, 2.45) is 0 Å². The van der Waals surface area contributed by atoms with Crippen LogP contribution in [0.3, 0.4) is 0 Å². The number of carbonyl (C=O) groups is 2. The van der Waals surface area contributed by atoms with Crippen molar-refractivity contribution in [2.45, 2.75) is 33.1 Å². The lowest BCUT2D eigenvalue weighted by molar-refractivity contribution is -0.120. The zero-order chi connectivity index (χ0) is 23.4.